The van der Waals surface area contributed by atoms with Crippen molar-refractivity contribution in [2.24, 2.45) is 0 Å². The van der Waals surface area contributed by atoms with Crippen molar-refractivity contribution in [1.82, 2.24) is 0 Å². The van der Waals surface area contributed by atoms with Crippen LogP contribution in [0.2, 0.25) is 0 Å². The Kier molecular flexibility index (Phi) is 3.48. The van der Waals surface area contributed by atoms with Gasteiger partial charge in [0, 0.05) is 13.8 Å². The summed E-state index contributed by atoms with van der Waals surface area (Å²) in [4.78, 5) is 10.4. The second-order valence-corrected chi connectivity index (χ2v) is 3.18. The van der Waals surface area contributed by atoms with E-state index >= 15 is 0 Å². The zero-order valence-electron chi connectivity index (χ0n) is 7.50. The number of quaternary nitrogens is 1. The van der Waals surface area contributed by atoms with Crippen LogP contribution in [0.25, 0.3) is 0 Å². The summed E-state index contributed by atoms with van der Waals surface area (Å²) < 4.78 is 5.00. The van der Waals surface area contributed by atoms with E-state index < -0.39 is 6.23 Å². The fourth-order valence-electron chi connectivity index (χ4n) is 0.365. The normalized spacial score (nSPS) is 14.3. The van der Waals surface area contributed by atoms with Crippen molar-refractivity contribution in [3.8, 4) is 0 Å². The highest BCUT2D eigenvalue weighted by atomic mass is 16.5. The second kappa shape index (κ2) is 3.69. The van der Waals surface area contributed by atoms with E-state index in [1.54, 1.807) is 21.0 Å². The third-order valence-electron chi connectivity index (χ3n) is 1.61. The zero-order chi connectivity index (χ0) is 9.07. The van der Waals surface area contributed by atoms with Crippen LogP contribution >= 0.6 is 0 Å². The SMILES string of the molecule is CC(=O)OC[N+](C)(C)C(C)O. The third-order valence-corrected chi connectivity index (χ3v) is 1.61. The molecule has 1 N–H and O–H groups in total. The molecule has 1 atom stereocenters. The molecule has 0 aromatic heterocycles. The average molecular weight is 162 g/mol. The molecule has 0 fully saturated rings. The minimum atomic E-state index is -0.533. The van der Waals surface area contributed by atoms with Crippen LogP contribution in [0.5, 0.6) is 0 Å². The van der Waals surface area contributed by atoms with Gasteiger partial charge in [-0.3, -0.25) is 9.28 Å². The van der Waals surface area contributed by atoms with Crippen LogP contribution in [0, 0.1) is 0 Å². The Bertz CT molecular complexity index is 143. The van der Waals surface area contributed by atoms with Gasteiger partial charge in [0.05, 0.1) is 14.1 Å². The molecule has 0 spiro atoms. The van der Waals surface area contributed by atoms with E-state index in [0.29, 0.717) is 0 Å². The lowest BCUT2D eigenvalue weighted by Crippen LogP contribution is -2.49. The summed E-state index contributed by atoms with van der Waals surface area (Å²) in [7, 11) is 3.57. The molecule has 0 rings (SSSR count). The van der Waals surface area contributed by atoms with Gasteiger partial charge < -0.3 is 9.84 Å². The molecule has 0 aliphatic carbocycles. The third kappa shape index (κ3) is 3.95. The molecule has 0 aromatic rings. The summed E-state index contributed by atoms with van der Waals surface area (Å²) in [6.07, 6.45) is -0.533. The lowest BCUT2D eigenvalue weighted by atomic mass is 10.5. The summed E-state index contributed by atoms with van der Waals surface area (Å²) >= 11 is 0. The van der Waals surface area contributed by atoms with Crippen LogP contribution in [0.1, 0.15) is 13.8 Å². The topological polar surface area (TPSA) is 46.5 Å². The summed E-state index contributed by atoms with van der Waals surface area (Å²) in [5, 5.41) is 9.17. The summed E-state index contributed by atoms with van der Waals surface area (Å²) in [6, 6.07) is 0. The van der Waals surface area contributed by atoms with E-state index in [2.05, 4.69) is 0 Å². The monoisotopic (exact) mass is 162 g/mol. The number of aliphatic hydroxyl groups excluding tert-OH is 1. The predicted molar refractivity (Wildman–Crippen MR) is 40.4 cm³/mol. The van der Waals surface area contributed by atoms with E-state index in [1.165, 1.54) is 6.92 Å². The van der Waals surface area contributed by atoms with E-state index in [4.69, 9.17) is 4.74 Å². The summed E-state index contributed by atoms with van der Waals surface area (Å²) in [5.74, 6) is -0.322. The Morgan fingerprint density at radius 3 is 2.36 bits per heavy atom. The molecular weight excluding hydrogens is 146 g/mol. The van der Waals surface area contributed by atoms with Crippen LogP contribution in [-0.4, -0.2) is 42.6 Å². The molecule has 1 unspecified atom stereocenters. The Balaban J connectivity index is 3.82. The fraction of sp³-hybridized carbons (Fsp3) is 0.857. The molecule has 0 amide bonds. The van der Waals surface area contributed by atoms with Crippen LogP contribution < -0.4 is 0 Å². The molecule has 4 nitrogen and oxygen atoms in total. The summed E-state index contributed by atoms with van der Waals surface area (Å²) in [6.45, 7) is 3.21. The average Bonchev–Trinajstić information content (AvgIpc) is 1.84. The van der Waals surface area contributed by atoms with Crippen LogP contribution in [0.4, 0.5) is 0 Å². The second-order valence-electron chi connectivity index (χ2n) is 3.18. The number of hydrogen-bond acceptors (Lipinski definition) is 3. The van der Waals surface area contributed by atoms with Crippen LogP contribution in [-0.2, 0) is 9.53 Å². The number of nitrogens with zero attached hydrogens (tertiary/aromatic N) is 1. The first kappa shape index (κ1) is 10.4. The quantitative estimate of drug-likeness (QED) is 0.359. The van der Waals surface area contributed by atoms with Gasteiger partial charge in [0.25, 0.3) is 0 Å². The first-order valence-electron chi connectivity index (χ1n) is 3.50. The van der Waals surface area contributed by atoms with Gasteiger partial charge in [-0.15, -0.1) is 0 Å². The smallest absolute Gasteiger partial charge is 0.306 e. The van der Waals surface area contributed by atoms with E-state index in [0.717, 1.165) is 0 Å². The lowest BCUT2D eigenvalue weighted by molar-refractivity contribution is -0.949. The molecular formula is C7H16NO3+. The number of hydrogen-bond donors (Lipinski definition) is 1. The van der Waals surface area contributed by atoms with Gasteiger partial charge in [-0.2, -0.15) is 0 Å². The van der Waals surface area contributed by atoms with Crippen LogP contribution in [0.3, 0.4) is 0 Å². The minimum Gasteiger partial charge on any atom is -0.415 e. The molecule has 0 bridgehead atoms. The Morgan fingerprint density at radius 2 is 2.09 bits per heavy atom. The van der Waals surface area contributed by atoms with Gasteiger partial charge >= 0.3 is 5.97 Å². The van der Waals surface area contributed by atoms with Crippen molar-refractivity contribution in [2.75, 3.05) is 20.8 Å². The molecule has 11 heavy (non-hydrogen) atoms. The number of carbonyl (C=O) groups is 1. The maximum absolute atomic E-state index is 10.4. The van der Waals surface area contributed by atoms with Crippen molar-refractivity contribution >= 4 is 5.97 Å². The van der Waals surface area contributed by atoms with Crippen molar-refractivity contribution in [3.05, 3.63) is 0 Å². The molecule has 0 aliphatic heterocycles. The Hall–Kier alpha value is -0.610. The van der Waals surface area contributed by atoms with E-state index in [1.807, 2.05) is 0 Å². The molecule has 66 valence electrons. The fourth-order valence-corrected chi connectivity index (χ4v) is 0.365. The first-order chi connectivity index (χ1) is 4.86. The summed E-state index contributed by atoms with van der Waals surface area (Å²) in [5.41, 5.74) is 0. The van der Waals surface area contributed by atoms with E-state index in [-0.39, 0.29) is 17.2 Å². The predicted octanol–water partition coefficient (Wildman–Crippen LogP) is -0.0783. The molecule has 0 saturated carbocycles. The Morgan fingerprint density at radius 1 is 1.64 bits per heavy atom. The number of rotatable bonds is 3. The molecule has 0 aromatic carbocycles. The highest BCUT2D eigenvalue weighted by molar-refractivity contribution is 5.65. The molecule has 0 heterocycles. The number of esters is 1. The van der Waals surface area contributed by atoms with Crippen molar-refractivity contribution in [3.63, 3.8) is 0 Å². The maximum Gasteiger partial charge on any atom is 0.306 e. The number of carbonyl (C=O) groups excluding carboxylic acids is 1. The zero-order valence-corrected chi connectivity index (χ0v) is 7.50. The number of ether oxygens (including phenoxy) is 1. The van der Waals surface area contributed by atoms with Crippen LogP contribution in [0.15, 0.2) is 0 Å². The highest BCUT2D eigenvalue weighted by Gasteiger charge is 2.22. The van der Waals surface area contributed by atoms with Gasteiger partial charge in [0.2, 0.25) is 6.73 Å². The Labute approximate surface area is 67.0 Å². The van der Waals surface area contributed by atoms with E-state index in [9.17, 15) is 9.90 Å². The highest BCUT2D eigenvalue weighted by Crippen LogP contribution is 2.02. The minimum absolute atomic E-state index is 0.201. The standard InChI is InChI=1S/C7H16NO3/c1-6(9)8(3,4)5-11-7(2)10/h6,9H,5H2,1-4H3/q+1. The van der Waals surface area contributed by atoms with Crippen molar-refractivity contribution in [2.45, 2.75) is 20.1 Å². The number of aliphatic hydroxyl groups is 1. The first-order valence-corrected chi connectivity index (χ1v) is 3.50. The maximum atomic E-state index is 10.4. The van der Waals surface area contributed by atoms with Crippen molar-refractivity contribution < 1.29 is 19.1 Å². The van der Waals surface area contributed by atoms with Gasteiger partial charge in [-0.25, -0.2) is 0 Å². The molecule has 0 aliphatic rings. The molecule has 0 radical (unpaired) electrons. The lowest BCUT2D eigenvalue weighted by Gasteiger charge is -2.31. The van der Waals surface area contributed by atoms with Gasteiger partial charge in [-0.1, -0.05) is 0 Å². The largest absolute Gasteiger partial charge is 0.415 e. The molecule has 0 saturated heterocycles. The van der Waals surface area contributed by atoms with Crippen molar-refractivity contribution in [1.29, 1.82) is 0 Å². The van der Waals surface area contributed by atoms with Gasteiger partial charge in [0.15, 0.2) is 6.23 Å². The molecule has 4 heteroatoms. The van der Waals surface area contributed by atoms with Gasteiger partial charge in [-0.05, 0) is 0 Å². The van der Waals surface area contributed by atoms with Gasteiger partial charge in [0.1, 0.15) is 0 Å².